The highest BCUT2D eigenvalue weighted by Crippen LogP contribution is 2.23. The monoisotopic (exact) mass is 350 g/mol. The third-order valence-electron chi connectivity index (χ3n) is 4.98. The molecule has 0 aromatic carbocycles. The molecule has 1 aliphatic heterocycles. The molecule has 0 aromatic heterocycles. The number of cyclic esters (lactones) is 1. The van der Waals surface area contributed by atoms with Crippen LogP contribution in [0.2, 0.25) is 0 Å². The summed E-state index contributed by atoms with van der Waals surface area (Å²) in [6, 6.07) is 0. The number of carbonyl (C=O) groups excluding carboxylic acids is 1. The fraction of sp³-hybridized carbons (Fsp3) is 0.773. The Bertz CT molecular complexity index is 411. The third-order valence-corrected chi connectivity index (χ3v) is 4.98. The molecule has 1 saturated heterocycles. The number of carbonyl (C=O) groups is 1. The van der Waals surface area contributed by atoms with Crippen LogP contribution in [0.3, 0.4) is 0 Å². The van der Waals surface area contributed by atoms with E-state index in [9.17, 15) is 9.90 Å². The molecule has 1 fully saturated rings. The number of hydrogen-bond donors (Lipinski definition) is 1. The van der Waals surface area contributed by atoms with Crippen molar-refractivity contribution < 1.29 is 14.6 Å². The topological polar surface area (TPSA) is 46.5 Å². The molecule has 0 amide bonds. The molecule has 3 heteroatoms. The lowest BCUT2D eigenvalue weighted by molar-refractivity contribution is -0.132. The van der Waals surface area contributed by atoms with E-state index in [-0.39, 0.29) is 5.76 Å². The van der Waals surface area contributed by atoms with Gasteiger partial charge in [0.15, 0.2) is 0 Å². The smallest absolute Gasteiger partial charge is 0.341 e. The van der Waals surface area contributed by atoms with Crippen molar-refractivity contribution in [1.82, 2.24) is 0 Å². The first kappa shape index (κ1) is 22.0. The summed E-state index contributed by atoms with van der Waals surface area (Å²) in [5.41, 5.74) is 0.361. The standard InChI is InChI=1S/C22H38O3/c1-3-4-5-6-7-8-9-10-11-12-13-14-15-16-17-18-20-21(23)19(2)25-22(20)24/h18,21,23H,2-17H2,1H3/b20-18-/t21-/m1/s1. The van der Waals surface area contributed by atoms with Crippen molar-refractivity contribution >= 4 is 5.97 Å². The molecular formula is C22H38O3. The zero-order valence-corrected chi connectivity index (χ0v) is 16.2. The van der Waals surface area contributed by atoms with Crippen LogP contribution in [0.25, 0.3) is 0 Å². The molecule has 0 aliphatic carbocycles. The molecule has 1 atom stereocenters. The average Bonchev–Trinajstić information content (AvgIpc) is 2.84. The van der Waals surface area contributed by atoms with Gasteiger partial charge < -0.3 is 9.84 Å². The molecule has 0 spiro atoms. The van der Waals surface area contributed by atoms with Crippen molar-refractivity contribution in [3.63, 3.8) is 0 Å². The lowest BCUT2D eigenvalue weighted by Gasteiger charge is -2.03. The van der Waals surface area contributed by atoms with Gasteiger partial charge in [0.05, 0.1) is 5.57 Å². The van der Waals surface area contributed by atoms with Gasteiger partial charge in [-0.2, -0.15) is 0 Å². The van der Waals surface area contributed by atoms with E-state index >= 15 is 0 Å². The number of aliphatic hydroxyl groups is 1. The molecule has 1 rings (SSSR count). The molecule has 1 N–H and O–H groups in total. The lowest BCUT2D eigenvalue weighted by Crippen LogP contribution is -2.07. The predicted octanol–water partition coefficient (Wildman–Crippen LogP) is 6.22. The maximum absolute atomic E-state index is 11.5. The Kier molecular flexibility index (Phi) is 12.4. The van der Waals surface area contributed by atoms with Crippen molar-refractivity contribution in [2.75, 3.05) is 0 Å². The van der Waals surface area contributed by atoms with Gasteiger partial charge in [-0.15, -0.1) is 0 Å². The fourth-order valence-corrected chi connectivity index (χ4v) is 3.31. The Labute approximate surface area is 154 Å². The molecule has 25 heavy (non-hydrogen) atoms. The minimum atomic E-state index is -0.931. The van der Waals surface area contributed by atoms with E-state index in [1.807, 2.05) is 6.08 Å². The second-order valence-electron chi connectivity index (χ2n) is 7.30. The molecule has 0 saturated carbocycles. The van der Waals surface area contributed by atoms with Gasteiger partial charge in [-0.3, -0.25) is 0 Å². The quantitative estimate of drug-likeness (QED) is 0.217. The summed E-state index contributed by atoms with van der Waals surface area (Å²) >= 11 is 0. The zero-order chi connectivity index (χ0) is 18.3. The van der Waals surface area contributed by atoms with Crippen LogP contribution in [-0.2, 0) is 9.53 Å². The van der Waals surface area contributed by atoms with Crippen LogP contribution in [0.5, 0.6) is 0 Å². The van der Waals surface area contributed by atoms with Crippen molar-refractivity contribution in [3.8, 4) is 0 Å². The summed E-state index contributed by atoms with van der Waals surface area (Å²) in [7, 11) is 0. The van der Waals surface area contributed by atoms with E-state index in [2.05, 4.69) is 13.5 Å². The Morgan fingerprint density at radius 3 is 1.72 bits per heavy atom. The van der Waals surface area contributed by atoms with Gasteiger partial charge in [0.2, 0.25) is 0 Å². The van der Waals surface area contributed by atoms with E-state index in [1.165, 1.54) is 83.5 Å². The number of esters is 1. The van der Waals surface area contributed by atoms with E-state index in [0.29, 0.717) is 5.57 Å². The molecule has 0 bridgehead atoms. The molecule has 3 nitrogen and oxygen atoms in total. The second-order valence-corrected chi connectivity index (χ2v) is 7.30. The van der Waals surface area contributed by atoms with E-state index in [4.69, 9.17) is 4.74 Å². The molecule has 0 aromatic rings. The highest BCUT2D eigenvalue weighted by Gasteiger charge is 2.32. The van der Waals surface area contributed by atoms with Gasteiger partial charge in [-0.05, 0) is 12.8 Å². The number of hydrogen-bond acceptors (Lipinski definition) is 3. The second kappa shape index (κ2) is 14.1. The molecule has 0 radical (unpaired) electrons. The number of ether oxygens (including phenoxy) is 1. The van der Waals surface area contributed by atoms with Gasteiger partial charge in [-0.1, -0.05) is 103 Å². The summed E-state index contributed by atoms with van der Waals surface area (Å²) < 4.78 is 4.81. The summed E-state index contributed by atoms with van der Waals surface area (Å²) in [6.45, 7) is 5.79. The summed E-state index contributed by atoms with van der Waals surface area (Å²) in [4.78, 5) is 11.5. The van der Waals surface area contributed by atoms with Gasteiger partial charge in [0.1, 0.15) is 11.9 Å². The van der Waals surface area contributed by atoms with Crippen molar-refractivity contribution in [1.29, 1.82) is 0 Å². The maximum Gasteiger partial charge on any atom is 0.341 e. The number of allylic oxidation sites excluding steroid dienone is 1. The van der Waals surface area contributed by atoms with Crippen LogP contribution in [0.1, 0.15) is 103 Å². The Morgan fingerprint density at radius 2 is 1.32 bits per heavy atom. The Morgan fingerprint density at radius 1 is 0.880 bits per heavy atom. The molecular weight excluding hydrogens is 312 g/mol. The van der Waals surface area contributed by atoms with Crippen LogP contribution in [0.4, 0.5) is 0 Å². The highest BCUT2D eigenvalue weighted by atomic mass is 16.6. The van der Waals surface area contributed by atoms with Crippen molar-refractivity contribution in [2.24, 2.45) is 0 Å². The van der Waals surface area contributed by atoms with Crippen molar-refractivity contribution in [2.45, 2.75) is 109 Å². The predicted molar refractivity (Wildman–Crippen MR) is 104 cm³/mol. The number of aliphatic hydroxyl groups excluding tert-OH is 1. The summed E-state index contributed by atoms with van der Waals surface area (Å²) in [5, 5.41) is 9.73. The van der Waals surface area contributed by atoms with Crippen LogP contribution in [0, 0.1) is 0 Å². The number of unbranched alkanes of at least 4 members (excludes halogenated alkanes) is 14. The summed E-state index contributed by atoms with van der Waals surface area (Å²) in [5.74, 6) is -0.292. The van der Waals surface area contributed by atoms with E-state index < -0.39 is 12.1 Å². The Balaban J connectivity index is 1.85. The van der Waals surface area contributed by atoms with Gasteiger partial charge in [0.25, 0.3) is 0 Å². The van der Waals surface area contributed by atoms with E-state index in [1.54, 1.807) is 0 Å². The number of rotatable bonds is 15. The van der Waals surface area contributed by atoms with Crippen LogP contribution < -0.4 is 0 Å². The first-order valence-corrected chi connectivity index (χ1v) is 10.5. The zero-order valence-electron chi connectivity index (χ0n) is 16.2. The third kappa shape index (κ3) is 9.84. The van der Waals surface area contributed by atoms with Gasteiger partial charge in [0, 0.05) is 0 Å². The molecule has 0 unspecified atom stereocenters. The maximum atomic E-state index is 11.5. The summed E-state index contributed by atoms with van der Waals surface area (Å²) in [6.07, 6.45) is 20.5. The Hall–Kier alpha value is -1.09. The molecule has 144 valence electrons. The van der Waals surface area contributed by atoms with Crippen LogP contribution in [-0.4, -0.2) is 17.2 Å². The molecule has 1 heterocycles. The minimum Gasteiger partial charge on any atom is -0.425 e. The lowest BCUT2D eigenvalue weighted by atomic mass is 10.0. The first-order valence-electron chi connectivity index (χ1n) is 10.5. The molecule has 1 aliphatic rings. The van der Waals surface area contributed by atoms with Crippen LogP contribution >= 0.6 is 0 Å². The highest BCUT2D eigenvalue weighted by molar-refractivity contribution is 5.93. The SMILES string of the molecule is C=C1OC(=O)/C(=C\CCCCCCCCCCCCCCCC)[C@@H]1O. The average molecular weight is 351 g/mol. The van der Waals surface area contributed by atoms with E-state index in [0.717, 1.165) is 12.8 Å². The first-order chi connectivity index (χ1) is 12.2. The fourth-order valence-electron chi connectivity index (χ4n) is 3.31. The van der Waals surface area contributed by atoms with Gasteiger partial charge >= 0.3 is 5.97 Å². The van der Waals surface area contributed by atoms with Crippen LogP contribution in [0.15, 0.2) is 24.0 Å². The van der Waals surface area contributed by atoms with Gasteiger partial charge in [-0.25, -0.2) is 4.79 Å². The van der Waals surface area contributed by atoms with Crippen molar-refractivity contribution in [3.05, 3.63) is 24.0 Å². The largest absolute Gasteiger partial charge is 0.425 e. The minimum absolute atomic E-state index is 0.150. The normalized spacial score (nSPS) is 19.0.